The minimum Gasteiger partial charge on any atom is -0.492 e. The van der Waals surface area contributed by atoms with Crippen molar-refractivity contribution in [2.75, 3.05) is 52.5 Å². The summed E-state index contributed by atoms with van der Waals surface area (Å²) in [4.78, 5) is 14.6. The Hall–Kier alpha value is -1.99. The number of carbonyl (C=O) groups is 1. The third-order valence-electron chi connectivity index (χ3n) is 4.32. The Morgan fingerprint density at radius 3 is 2.54 bits per heavy atom. The lowest BCUT2D eigenvalue weighted by Gasteiger charge is -2.26. The number of morpholine rings is 1. The van der Waals surface area contributed by atoms with Crippen LogP contribution in [0.25, 0.3) is 0 Å². The smallest absolute Gasteiger partial charge is 0.407 e. The predicted molar refractivity (Wildman–Crippen MR) is 87.8 cm³/mol. The Bertz CT molecular complexity index is 530. The van der Waals surface area contributed by atoms with Crippen LogP contribution in [0, 0.1) is 0 Å². The van der Waals surface area contributed by atoms with E-state index in [9.17, 15) is 4.79 Å². The maximum Gasteiger partial charge on any atom is 0.407 e. The Morgan fingerprint density at radius 2 is 1.88 bits per heavy atom. The molecule has 2 heterocycles. The van der Waals surface area contributed by atoms with Gasteiger partial charge in [0.05, 0.1) is 19.8 Å². The van der Waals surface area contributed by atoms with Crippen LogP contribution in [0.1, 0.15) is 6.42 Å². The van der Waals surface area contributed by atoms with E-state index in [1.165, 1.54) is 4.90 Å². The van der Waals surface area contributed by atoms with Crippen LogP contribution in [0.3, 0.4) is 0 Å². The van der Waals surface area contributed by atoms with Crippen LogP contribution < -0.4 is 9.47 Å². The lowest BCUT2D eigenvalue weighted by atomic mass is 10.3. The highest BCUT2D eigenvalue weighted by Crippen LogP contribution is 2.21. The molecule has 7 heteroatoms. The van der Waals surface area contributed by atoms with E-state index in [-0.39, 0.29) is 6.10 Å². The molecule has 2 aliphatic heterocycles. The number of benzene rings is 1. The van der Waals surface area contributed by atoms with Crippen LogP contribution >= 0.6 is 0 Å². The molecule has 2 saturated heterocycles. The normalized spacial score (nSPS) is 21.7. The van der Waals surface area contributed by atoms with Gasteiger partial charge in [0.2, 0.25) is 0 Å². The summed E-state index contributed by atoms with van der Waals surface area (Å²) in [5.74, 6) is 1.56. The number of hydrogen-bond donors (Lipinski definition) is 1. The summed E-state index contributed by atoms with van der Waals surface area (Å²) in [5, 5.41) is 8.95. The summed E-state index contributed by atoms with van der Waals surface area (Å²) in [6.45, 7) is 6.02. The number of hydrogen-bond acceptors (Lipinski definition) is 5. The van der Waals surface area contributed by atoms with E-state index in [1.54, 1.807) is 0 Å². The third-order valence-corrected chi connectivity index (χ3v) is 4.32. The van der Waals surface area contributed by atoms with E-state index in [0.29, 0.717) is 19.7 Å². The summed E-state index contributed by atoms with van der Waals surface area (Å²) in [5.41, 5.74) is 0. The van der Waals surface area contributed by atoms with Gasteiger partial charge in [0.15, 0.2) is 0 Å². The minimum absolute atomic E-state index is 0.0748. The molecule has 1 N–H and O–H groups in total. The van der Waals surface area contributed by atoms with Crippen molar-refractivity contribution in [3.8, 4) is 11.5 Å². The van der Waals surface area contributed by atoms with Gasteiger partial charge in [-0.3, -0.25) is 4.90 Å². The van der Waals surface area contributed by atoms with E-state index in [1.807, 2.05) is 24.3 Å². The monoisotopic (exact) mass is 336 g/mol. The highest BCUT2D eigenvalue weighted by atomic mass is 16.5. The van der Waals surface area contributed by atoms with Gasteiger partial charge < -0.3 is 24.2 Å². The largest absolute Gasteiger partial charge is 0.492 e. The zero-order valence-corrected chi connectivity index (χ0v) is 13.7. The average molecular weight is 336 g/mol. The second kappa shape index (κ2) is 8.21. The number of nitrogens with zero attached hydrogens (tertiary/aromatic N) is 2. The van der Waals surface area contributed by atoms with Crippen molar-refractivity contribution in [1.29, 1.82) is 0 Å². The molecule has 0 aliphatic carbocycles. The topological polar surface area (TPSA) is 71.5 Å². The summed E-state index contributed by atoms with van der Waals surface area (Å²) in [6.07, 6.45) is -0.233. The second-order valence-corrected chi connectivity index (χ2v) is 6.03. The number of rotatable bonds is 6. The zero-order valence-electron chi connectivity index (χ0n) is 13.7. The highest BCUT2D eigenvalue weighted by Gasteiger charge is 2.27. The number of ether oxygens (including phenoxy) is 3. The van der Waals surface area contributed by atoms with Crippen molar-refractivity contribution in [1.82, 2.24) is 9.80 Å². The van der Waals surface area contributed by atoms with E-state index in [0.717, 1.165) is 50.8 Å². The second-order valence-electron chi connectivity index (χ2n) is 6.03. The quantitative estimate of drug-likeness (QED) is 0.849. The summed E-state index contributed by atoms with van der Waals surface area (Å²) < 4.78 is 16.9. The molecule has 132 valence electrons. The van der Waals surface area contributed by atoms with Crippen LogP contribution in [-0.2, 0) is 4.74 Å². The molecular formula is C17H24N2O5. The summed E-state index contributed by atoms with van der Waals surface area (Å²) in [6, 6.07) is 7.51. The van der Waals surface area contributed by atoms with Crippen molar-refractivity contribution in [3.05, 3.63) is 24.3 Å². The van der Waals surface area contributed by atoms with Gasteiger partial charge in [0.1, 0.15) is 24.2 Å². The molecular weight excluding hydrogens is 312 g/mol. The molecule has 0 saturated carbocycles. The lowest BCUT2D eigenvalue weighted by molar-refractivity contribution is 0.0322. The van der Waals surface area contributed by atoms with Gasteiger partial charge in [-0.25, -0.2) is 4.79 Å². The molecule has 24 heavy (non-hydrogen) atoms. The molecule has 0 unspecified atom stereocenters. The molecule has 1 amide bonds. The third kappa shape index (κ3) is 4.75. The maximum absolute atomic E-state index is 10.9. The van der Waals surface area contributed by atoms with Crippen molar-refractivity contribution in [3.63, 3.8) is 0 Å². The van der Waals surface area contributed by atoms with Crippen LogP contribution in [0.15, 0.2) is 24.3 Å². The van der Waals surface area contributed by atoms with Gasteiger partial charge in [-0.2, -0.15) is 0 Å². The van der Waals surface area contributed by atoms with E-state index in [2.05, 4.69) is 4.90 Å². The van der Waals surface area contributed by atoms with E-state index in [4.69, 9.17) is 19.3 Å². The van der Waals surface area contributed by atoms with Crippen LogP contribution in [0.2, 0.25) is 0 Å². The maximum atomic E-state index is 10.9. The molecule has 0 radical (unpaired) electrons. The molecule has 1 aromatic carbocycles. The first-order chi connectivity index (χ1) is 11.7. The first kappa shape index (κ1) is 16.9. The van der Waals surface area contributed by atoms with Crippen molar-refractivity contribution in [2.45, 2.75) is 12.5 Å². The van der Waals surface area contributed by atoms with Gasteiger partial charge in [0.25, 0.3) is 0 Å². The predicted octanol–water partition coefficient (Wildman–Crippen LogP) is 1.53. The number of carboxylic acid groups (broad SMARTS) is 1. The molecule has 3 rings (SSSR count). The first-order valence-corrected chi connectivity index (χ1v) is 8.38. The highest BCUT2D eigenvalue weighted by molar-refractivity contribution is 5.65. The van der Waals surface area contributed by atoms with Crippen molar-refractivity contribution < 1.29 is 24.1 Å². The SMILES string of the molecule is O=C(O)N1CC[C@H](Oc2ccc(OCCN3CCOCC3)cc2)C1. The molecule has 0 spiro atoms. The first-order valence-electron chi connectivity index (χ1n) is 8.38. The Morgan fingerprint density at radius 1 is 1.17 bits per heavy atom. The van der Waals surface area contributed by atoms with Gasteiger partial charge in [-0.05, 0) is 24.3 Å². The van der Waals surface area contributed by atoms with E-state index < -0.39 is 6.09 Å². The summed E-state index contributed by atoms with van der Waals surface area (Å²) >= 11 is 0. The molecule has 0 aromatic heterocycles. The fourth-order valence-electron chi connectivity index (χ4n) is 2.92. The van der Waals surface area contributed by atoms with Gasteiger partial charge in [-0.1, -0.05) is 0 Å². The van der Waals surface area contributed by atoms with E-state index >= 15 is 0 Å². The Kier molecular flexibility index (Phi) is 5.77. The van der Waals surface area contributed by atoms with Gasteiger partial charge >= 0.3 is 6.09 Å². The molecule has 7 nitrogen and oxygen atoms in total. The molecule has 1 atom stereocenters. The van der Waals surface area contributed by atoms with Crippen molar-refractivity contribution in [2.24, 2.45) is 0 Å². The average Bonchev–Trinajstić information content (AvgIpc) is 3.06. The molecule has 0 bridgehead atoms. The fourth-order valence-corrected chi connectivity index (χ4v) is 2.92. The molecule has 1 aromatic rings. The standard InChI is InChI=1S/C17H24N2O5/c20-17(21)19-6-5-16(13-19)24-15-3-1-14(2-4-15)23-12-9-18-7-10-22-11-8-18/h1-4,16H,5-13H2,(H,20,21)/t16-/m0/s1. The molecule has 2 fully saturated rings. The Labute approximate surface area is 141 Å². The fraction of sp³-hybridized carbons (Fsp3) is 0.588. The van der Waals surface area contributed by atoms with Crippen LogP contribution in [-0.4, -0.2) is 79.6 Å². The van der Waals surface area contributed by atoms with Gasteiger partial charge in [0, 0.05) is 32.6 Å². The zero-order chi connectivity index (χ0) is 16.8. The van der Waals surface area contributed by atoms with Crippen LogP contribution in [0.4, 0.5) is 4.79 Å². The Balaban J connectivity index is 1.39. The molecule has 2 aliphatic rings. The van der Waals surface area contributed by atoms with Crippen molar-refractivity contribution >= 4 is 6.09 Å². The number of amides is 1. The number of likely N-dealkylation sites (tertiary alicyclic amines) is 1. The lowest BCUT2D eigenvalue weighted by Crippen LogP contribution is -2.38. The van der Waals surface area contributed by atoms with Gasteiger partial charge in [-0.15, -0.1) is 0 Å². The summed E-state index contributed by atoms with van der Waals surface area (Å²) in [7, 11) is 0. The minimum atomic E-state index is -0.884. The van der Waals surface area contributed by atoms with Crippen LogP contribution in [0.5, 0.6) is 11.5 Å².